The zero-order chi connectivity index (χ0) is 10.3. The van der Waals surface area contributed by atoms with Crippen LogP contribution < -0.4 is 11.1 Å². The summed E-state index contributed by atoms with van der Waals surface area (Å²) in [5, 5.41) is 2.78. The molecule has 2 nitrogen and oxygen atoms in total. The molecular formula is C9H20F2N2. The molecule has 0 bridgehead atoms. The van der Waals surface area contributed by atoms with Gasteiger partial charge < -0.3 is 11.1 Å². The van der Waals surface area contributed by atoms with Gasteiger partial charge in [0.2, 0.25) is 0 Å². The van der Waals surface area contributed by atoms with E-state index in [2.05, 4.69) is 12.2 Å². The van der Waals surface area contributed by atoms with E-state index >= 15 is 0 Å². The average Bonchev–Trinajstić information content (AvgIpc) is 2.05. The van der Waals surface area contributed by atoms with Crippen LogP contribution in [0.3, 0.4) is 0 Å². The first-order chi connectivity index (χ1) is 6.11. The van der Waals surface area contributed by atoms with Crippen molar-refractivity contribution in [3.05, 3.63) is 0 Å². The minimum absolute atomic E-state index is 0.0222. The zero-order valence-electron chi connectivity index (χ0n) is 8.39. The smallest absolute Gasteiger partial charge is 0.250 e. The molecule has 4 heteroatoms. The Balaban J connectivity index is 3.73. The second kappa shape index (κ2) is 7.21. The van der Waals surface area contributed by atoms with Crippen molar-refractivity contribution in [2.24, 2.45) is 11.7 Å². The minimum Gasteiger partial charge on any atom is -0.329 e. The van der Waals surface area contributed by atoms with Crippen molar-refractivity contribution in [2.75, 3.05) is 13.1 Å². The van der Waals surface area contributed by atoms with Crippen LogP contribution in [-0.4, -0.2) is 25.6 Å². The van der Waals surface area contributed by atoms with Crippen LogP contribution >= 0.6 is 0 Å². The maximum absolute atomic E-state index is 11.9. The topological polar surface area (TPSA) is 38.0 Å². The lowest BCUT2D eigenvalue weighted by Gasteiger charge is -2.23. The summed E-state index contributed by atoms with van der Waals surface area (Å²) >= 11 is 0. The van der Waals surface area contributed by atoms with E-state index in [1.54, 1.807) is 0 Å². The Bertz CT molecular complexity index is 120. The summed E-state index contributed by atoms with van der Waals surface area (Å²) in [4.78, 5) is 0. The Morgan fingerprint density at radius 2 is 2.00 bits per heavy atom. The summed E-state index contributed by atoms with van der Waals surface area (Å²) in [6.07, 6.45) is -0.200. The van der Waals surface area contributed by atoms with Crippen molar-refractivity contribution in [2.45, 2.75) is 39.2 Å². The molecule has 0 rings (SSSR count). The molecule has 0 aromatic rings. The van der Waals surface area contributed by atoms with Gasteiger partial charge in [-0.1, -0.05) is 20.3 Å². The third kappa shape index (κ3) is 5.93. The SMILES string of the molecule is CCCC(C)C(CN)NCC(F)F. The van der Waals surface area contributed by atoms with Crippen LogP contribution in [0.25, 0.3) is 0 Å². The highest BCUT2D eigenvalue weighted by Crippen LogP contribution is 2.09. The monoisotopic (exact) mass is 194 g/mol. The van der Waals surface area contributed by atoms with E-state index in [1.165, 1.54) is 0 Å². The van der Waals surface area contributed by atoms with Crippen molar-refractivity contribution in [3.63, 3.8) is 0 Å². The van der Waals surface area contributed by atoms with E-state index in [9.17, 15) is 8.78 Å². The molecule has 0 saturated carbocycles. The number of hydrogen-bond donors (Lipinski definition) is 2. The Labute approximate surface area is 78.9 Å². The molecule has 0 aromatic heterocycles. The van der Waals surface area contributed by atoms with Gasteiger partial charge in [0.1, 0.15) is 0 Å². The van der Waals surface area contributed by atoms with Gasteiger partial charge in [0.15, 0.2) is 0 Å². The van der Waals surface area contributed by atoms with Crippen molar-refractivity contribution in [1.82, 2.24) is 5.32 Å². The molecule has 0 aliphatic carbocycles. The van der Waals surface area contributed by atoms with E-state index in [0.717, 1.165) is 12.8 Å². The molecule has 0 fully saturated rings. The lowest BCUT2D eigenvalue weighted by atomic mass is 9.97. The molecule has 3 N–H and O–H groups in total. The van der Waals surface area contributed by atoms with Crippen LogP contribution in [0.5, 0.6) is 0 Å². The summed E-state index contributed by atoms with van der Waals surface area (Å²) in [6, 6.07) is 0.0222. The van der Waals surface area contributed by atoms with E-state index in [4.69, 9.17) is 5.73 Å². The summed E-state index contributed by atoms with van der Waals surface area (Å²) in [5.74, 6) is 0.369. The predicted molar refractivity (Wildman–Crippen MR) is 50.9 cm³/mol. The number of rotatable bonds is 7. The Kier molecular flexibility index (Phi) is 7.09. The number of alkyl halides is 2. The highest BCUT2D eigenvalue weighted by Gasteiger charge is 2.15. The average molecular weight is 194 g/mol. The highest BCUT2D eigenvalue weighted by molar-refractivity contribution is 4.74. The van der Waals surface area contributed by atoms with Crippen molar-refractivity contribution in [1.29, 1.82) is 0 Å². The van der Waals surface area contributed by atoms with Crippen molar-refractivity contribution in [3.8, 4) is 0 Å². The van der Waals surface area contributed by atoms with E-state index in [-0.39, 0.29) is 12.6 Å². The largest absolute Gasteiger partial charge is 0.329 e. The van der Waals surface area contributed by atoms with E-state index < -0.39 is 6.43 Å². The second-order valence-corrected chi connectivity index (χ2v) is 3.41. The summed E-state index contributed by atoms with van der Waals surface area (Å²) in [5.41, 5.74) is 5.48. The van der Waals surface area contributed by atoms with E-state index in [1.807, 2.05) is 6.92 Å². The quantitative estimate of drug-likeness (QED) is 0.646. The third-order valence-electron chi connectivity index (χ3n) is 2.22. The van der Waals surface area contributed by atoms with Gasteiger partial charge in [-0.05, 0) is 12.3 Å². The lowest BCUT2D eigenvalue weighted by molar-refractivity contribution is 0.137. The van der Waals surface area contributed by atoms with Crippen LogP contribution in [0.15, 0.2) is 0 Å². The summed E-state index contributed by atoms with van der Waals surface area (Å²) in [7, 11) is 0. The molecule has 0 aromatic carbocycles. The van der Waals surface area contributed by atoms with Gasteiger partial charge >= 0.3 is 0 Å². The van der Waals surface area contributed by atoms with Crippen LogP contribution in [0, 0.1) is 5.92 Å². The fraction of sp³-hybridized carbons (Fsp3) is 1.00. The molecule has 0 saturated heterocycles. The van der Waals surface area contributed by atoms with Gasteiger partial charge in [0, 0.05) is 12.6 Å². The van der Waals surface area contributed by atoms with Gasteiger partial charge in [0.05, 0.1) is 6.54 Å². The maximum Gasteiger partial charge on any atom is 0.250 e. The van der Waals surface area contributed by atoms with Crippen LogP contribution in [0.2, 0.25) is 0 Å². The first kappa shape index (κ1) is 12.8. The molecule has 2 unspecified atom stereocenters. The first-order valence-electron chi connectivity index (χ1n) is 4.83. The lowest BCUT2D eigenvalue weighted by Crippen LogP contribution is -2.43. The summed E-state index contributed by atoms with van der Waals surface area (Å²) < 4.78 is 23.8. The van der Waals surface area contributed by atoms with Crippen LogP contribution in [-0.2, 0) is 0 Å². The maximum atomic E-state index is 11.9. The van der Waals surface area contributed by atoms with Crippen molar-refractivity contribution >= 4 is 0 Å². The fourth-order valence-electron chi connectivity index (χ4n) is 1.41. The molecule has 0 heterocycles. The molecule has 0 aliphatic rings. The molecule has 0 radical (unpaired) electrons. The third-order valence-corrected chi connectivity index (χ3v) is 2.22. The summed E-state index contributed by atoms with van der Waals surface area (Å²) in [6.45, 7) is 4.29. The van der Waals surface area contributed by atoms with Crippen LogP contribution in [0.4, 0.5) is 8.78 Å². The molecule has 0 amide bonds. The minimum atomic E-state index is -2.29. The van der Waals surface area contributed by atoms with Gasteiger partial charge in [0.25, 0.3) is 6.43 Å². The van der Waals surface area contributed by atoms with Gasteiger partial charge in [-0.25, -0.2) is 8.78 Å². The van der Waals surface area contributed by atoms with Gasteiger partial charge in [-0.3, -0.25) is 0 Å². The van der Waals surface area contributed by atoms with Crippen LogP contribution in [0.1, 0.15) is 26.7 Å². The molecule has 13 heavy (non-hydrogen) atoms. The van der Waals surface area contributed by atoms with E-state index in [0.29, 0.717) is 12.5 Å². The van der Waals surface area contributed by atoms with Gasteiger partial charge in [-0.2, -0.15) is 0 Å². The Morgan fingerprint density at radius 3 is 2.38 bits per heavy atom. The molecule has 80 valence electrons. The fourth-order valence-corrected chi connectivity index (χ4v) is 1.41. The second-order valence-electron chi connectivity index (χ2n) is 3.41. The molecule has 2 atom stereocenters. The number of halogens is 2. The first-order valence-corrected chi connectivity index (χ1v) is 4.83. The molecular weight excluding hydrogens is 174 g/mol. The Hall–Kier alpha value is -0.220. The molecule has 0 spiro atoms. The molecule has 0 aliphatic heterocycles. The highest BCUT2D eigenvalue weighted by atomic mass is 19.3. The standard InChI is InChI=1S/C9H20F2N2/c1-3-4-7(2)8(5-12)13-6-9(10)11/h7-9,13H,3-6,12H2,1-2H3. The zero-order valence-corrected chi connectivity index (χ0v) is 8.39. The van der Waals surface area contributed by atoms with Gasteiger partial charge in [-0.15, -0.1) is 0 Å². The number of hydrogen-bond acceptors (Lipinski definition) is 2. The predicted octanol–water partition coefficient (Wildman–Crippen LogP) is 1.60. The Morgan fingerprint density at radius 1 is 1.38 bits per heavy atom. The number of nitrogens with one attached hydrogen (secondary N) is 1. The van der Waals surface area contributed by atoms with Crippen molar-refractivity contribution < 1.29 is 8.78 Å². The number of nitrogens with two attached hydrogens (primary N) is 1. The normalized spacial score (nSPS) is 16.2.